The van der Waals surface area contributed by atoms with E-state index >= 15 is 0 Å². The molecule has 1 fully saturated rings. The van der Waals surface area contributed by atoms with E-state index < -0.39 is 11.8 Å². The summed E-state index contributed by atoms with van der Waals surface area (Å²) in [5, 5.41) is 2.77. The number of amides is 2. The van der Waals surface area contributed by atoms with E-state index in [1.165, 1.54) is 0 Å². The largest absolute Gasteiger partial charge is 0.340 e. The first-order chi connectivity index (χ1) is 7.41. The Morgan fingerprint density at radius 2 is 2.06 bits per heavy atom. The Hall–Kier alpha value is -1.32. The lowest BCUT2D eigenvalue weighted by molar-refractivity contribution is -0.150. The fourth-order valence-electron chi connectivity index (χ4n) is 2.39. The summed E-state index contributed by atoms with van der Waals surface area (Å²) in [4.78, 5) is 25.1. The Morgan fingerprint density at radius 3 is 2.69 bits per heavy atom. The lowest BCUT2D eigenvalue weighted by Gasteiger charge is -2.44. The van der Waals surface area contributed by atoms with Crippen LogP contribution in [0.25, 0.3) is 0 Å². The normalized spacial score (nSPS) is 26.1. The molecule has 1 heterocycles. The molecule has 2 rings (SSSR count). The maximum absolute atomic E-state index is 11.9. The Balaban J connectivity index is 2.40. The van der Waals surface area contributed by atoms with Crippen LogP contribution in [0.15, 0.2) is 11.8 Å². The topological polar surface area (TPSA) is 49.4 Å². The number of nitrogens with zero attached hydrogens (tertiary/aromatic N) is 1. The van der Waals surface area contributed by atoms with Gasteiger partial charge in [0.15, 0.2) is 0 Å². The standard InChI is InChI=1S/C12H18N2O2/c1-12(2,3)14-9-7-5-4-6-8(9)13-10(15)11(14)16/h7-8H,4-6H2,1-3H3,(H,13,15). The lowest BCUT2D eigenvalue weighted by Crippen LogP contribution is -2.61. The molecule has 0 aromatic heterocycles. The quantitative estimate of drug-likeness (QED) is 0.626. The maximum Gasteiger partial charge on any atom is 0.316 e. The van der Waals surface area contributed by atoms with Gasteiger partial charge >= 0.3 is 11.8 Å². The summed E-state index contributed by atoms with van der Waals surface area (Å²) in [6.45, 7) is 5.86. The third-order valence-corrected chi connectivity index (χ3v) is 3.04. The number of fused-ring (bicyclic) bond motifs is 1. The summed E-state index contributed by atoms with van der Waals surface area (Å²) >= 11 is 0. The second-order valence-corrected chi connectivity index (χ2v) is 5.40. The number of piperazine rings is 1. The molecule has 2 amide bonds. The molecule has 0 aromatic rings. The molecule has 1 unspecified atom stereocenters. The highest BCUT2D eigenvalue weighted by Gasteiger charge is 2.42. The molecule has 1 N–H and O–H groups in total. The van der Waals surface area contributed by atoms with Crippen molar-refractivity contribution in [1.82, 2.24) is 10.2 Å². The number of carbonyl (C=O) groups is 2. The highest BCUT2D eigenvalue weighted by molar-refractivity contribution is 6.36. The molecule has 16 heavy (non-hydrogen) atoms. The van der Waals surface area contributed by atoms with Crippen molar-refractivity contribution in [3.8, 4) is 0 Å². The molecule has 0 bridgehead atoms. The summed E-state index contributed by atoms with van der Waals surface area (Å²) in [6.07, 6.45) is 5.07. The highest BCUT2D eigenvalue weighted by Crippen LogP contribution is 2.30. The van der Waals surface area contributed by atoms with Gasteiger partial charge in [0.1, 0.15) is 0 Å². The predicted octanol–water partition coefficient (Wildman–Crippen LogP) is 1.18. The van der Waals surface area contributed by atoms with Gasteiger partial charge in [-0.1, -0.05) is 6.08 Å². The Labute approximate surface area is 95.7 Å². The second kappa shape index (κ2) is 3.61. The number of nitrogens with one attached hydrogen (secondary N) is 1. The van der Waals surface area contributed by atoms with Crippen LogP contribution in [0, 0.1) is 0 Å². The van der Waals surface area contributed by atoms with Crippen molar-refractivity contribution < 1.29 is 9.59 Å². The van der Waals surface area contributed by atoms with E-state index in [4.69, 9.17) is 0 Å². The van der Waals surface area contributed by atoms with Gasteiger partial charge in [-0.2, -0.15) is 0 Å². The minimum Gasteiger partial charge on any atom is -0.340 e. The molecule has 0 saturated carbocycles. The van der Waals surface area contributed by atoms with Gasteiger partial charge in [-0.05, 0) is 40.0 Å². The Bertz CT molecular complexity index is 366. The molecule has 1 saturated heterocycles. The first-order valence-corrected chi connectivity index (χ1v) is 5.76. The van der Waals surface area contributed by atoms with Gasteiger partial charge in [-0.3, -0.25) is 9.59 Å². The van der Waals surface area contributed by atoms with Crippen molar-refractivity contribution in [3.63, 3.8) is 0 Å². The van der Waals surface area contributed by atoms with Crippen molar-refractivity contribution in [3.05, 3.63) is 11.8 Å². The summed E-state index contributed by atoms with van der Waals surface area (Å²) < 4.78 is 0. The lowest BCUT2D eigenvalue weighted by atomic mass is 9.92. The molecule has 1 atom stereocenters. The van der Waals surface area contributed by atoms with Crippen LogP contribution in [0.4, 0.5) is 0 Å². The average molecular weight is 222 g/mol. The van der Waals surface area contributed by atoms with Crippen LogP contribution in [0.2, 0.25) is 0 Å². The van der Waals surface area contributed by atoms with Gasteiger partial charge in [0, 0.05) is 11.2 Å². The van der Waals surface area contributed by atoms with E-state index in [0.29, 0.717) is 0 Å². The Morgan fingerprint density at radius 1 is 1.38 bits per heavy atom. The fourth-order valence-corrected chi connectivity index (χ4v) is 2.39. The molecule has 1 aliphatic carbocycles. The minimum atomic E-state index is -0.473. The second-order valence-electron chi connectivity index (χ2n) is 5.40. The van der Waals surface area contributed by atoms with Crippen molar-refractivity contribution in [1.29, 1.82) is 0 Å². The minimum absolute atomic E-state index is 0.0261. The third-order valence-electron chi connectivity index (χ3n) is 3.04. The highest BCUT2D eigenvalue weighted by atomic mass is 16.2. The Kier molecular flexibility index (Phi) is 2.52. The van der Waals surface area contributed by atoms with Crippen molar-refractivity contribution in [2.45, 2.75) is 51.6 Å². The smallest absolute Gasteiger partial charge is 0.316 e. The average Bonchev–Trinajstić information content (AvgIpc) is 2.17. The molecule has 4 nitrogen and oxygen atoms in total. The predicted molar refractivity (Wildman–Crippen MR) is 60.5 cm³/mol. The van der Waals surface area contributed by atoms with Crippen LogP contribution in [0.1, 0.15) is 40.0 Å². The number of carbonyl (C=O) groups excluding carboxylic acids is 2. The van der Waals surface area contributed by atoms with Gasteiger partial charge in [0.25, 0.3) is 0 Å². The molecule has 4 heteroatoms. The molecular weight excluding hydrogens is 204 g/mol. The van der Waals surface area contributed by atoms with E-state index in [2.05, 4.69) is 11.4 Å². The van der Waals surface area contributed by atoms with Crippen LogP contribution in [-0.4, -0.2) is 28.3 Å². The SMILES string of the molecule is CC(C)(C)N1C(=O)C(=O)NC2CCCC=C21. The van der Waals surface area contributed by atoms with Crippen molar-refractivity contribution >= 4 is 11.8 Å². The number of hydrogen-bond acceptors (Lipinski definition) is 2. The summed E-state index contributed by atoms with van der Waals surface area (Å²) in [6, 6.07) is 0.0261. The zero-order valence-electron chi connectivity index (χ0n) is 10.0. The van der Waals surface area contributed by atoms with Gasteiger partial charge < -0.3 is 10.2 Å². The monoisotopic (exact) mass is 222 g/mol. The van der Waals surface area contributed by atoms with Crippen LogP contribution >= 0.6 is 0 Å². The van der Waals surface area contributed by atoms with Gasteiger partial charge in [0.2, 0.25) is 0 Å². The van der Waals surface area contributed by atoms with Gasteiger partial charge in [-0.15, -0.1) is 0 Å². The van der Waals surface area contributed by atoms with Crippen molar-refractivity contribution in [2.75, 3.05) is 0 Å². The zero-order chi connectivity index (χ0) is 11.9. The van der Waals surface area contributed by atoms with E-state index in [0.717, 1.165) is 25.0 Å². The molecule has 2 aliphatic rings. The first kappa shape index (κ1) is 11.2. The number of hydrogen-bond donors (Lipinski definition) is 1. The third kappa shape index (κ3) is 1.72. The summed E-state index contributed by atoms with van der Waals surface area (Å²) in [5.41, 5.74) is 0.638. The van der Waals surface area contributed by atoms with Crippen molar-refractivity contribution in [2.24, 2.45) is 0 Å². The van der Waals surface area contributed by atoms with Gasteiger partial charge in [0.05, 0.1) is 6.04 Å². The number of allylic oxidation sites excluding steroid dienone is 1. The molecule has 0 spiro atoms. The van der Waals surface area contributed by atoms with Gasteiger partial charge in [-0.25, -0.2) is 0 Å². The molecule has 0 aromatic carbocycles. The molecular formula is C12H18N2O2. The fraction of sp³-hybridized carbons (Fsp3) is 0.667. The molecule has 0 radical (unpaired) electrons. The number of rotatable bonds is 0. The summed E-state index contributed by atoms with van der Waals surface area (Å²) in [5.74, 6) is -0.907. The van der Waals surface area contributed by atoms with Crippen LogP contribution in [0.5, 0.6) is 0 Å². The first-order valence-electron chi connectivity index (χ1n) is 5.76. The van der Waals surface area contributed by atoms with Crippen LogP contribution in [0.3, 0.4) is 0 Å². The van der Waals surface area contributed by atoms with E-state index in [9.17, 15) is 9.59 Å². The van der Waals surface area contributed by atoms with E-state index in [1.807, 2.05) is 20.8 Å². The molecule has 1 aliphatic heterocycles. The van der Waals surface area contributed by atoms with E-state index in [-0.39, 0.29) is 11.6 Å². The molecule has 88 valence electrons. The summed E-state index contributed by atoms with van der Waals surface area (Å²) in [7, 11) is 0. The van der Waals surface area contributed by atoms with Crippen LogP contribution < -0.4 is 5.32 Å². The maximum atomic E-state index is 11.9. The zero-order valence-corrected chi connectivity index (χ0v) is 10.0. The van der Waals surface area contributed by atoms with E-state index in [1.54, 1.807) is 4.90 Å². The van der Waals surface area contributed by atoms with Crippen LogP contribution in [-0.2, 0) is 9.59 Å².